The average molecular weight is 390 g/mol. The Labute approximate surface area is 166 Å². The molecule has 146 valence electrons. The lowest BCUT2D eigenvalue weighted by atomic mass is 10.2. The zero-order valence-corrected chi connectivity index (χ0v) is 17.0. The molecule has 2 N–H and O–H groups in total. The topological polar surface area (TPSA) is 88.0 Å². The predicted octanol–water partition coefficient (Wildman–Crippen LogP) is 2.28. The molecule has 1 amide bonds. The van der Waals surface area contributed by atoms with Gasteiger partial charge in [0.2, 0.25) is 11.9 Å². The van der Waals surface area contributed by atoms with Crippen LogP contribution in [0, 0.1) is 12.8 Å². The van der Waals surface area contributed by atoms with E-state index in [0.717, 1.165) is 29.5 Å². The molecule has 9 heteroatoms. The van der Waals surface area contributed by atoms with Crippen molar-refractivity contribution in [3.8, 4) is 0 Å². The molecule has 0 radical (unpaired) electrons. The van der Waals surface area contributed by atoms with Crippen LogP contribution in [0.1, 0.15) is 37.4 Å². The van der Waals surface area contributed by atoms with Crippen LogP contribution in [0.4, 0.5) is 17.5 Å². The first-order valence-corrected chi connectivity index (χ1v) is 9.19. The maximum Gasteiger partial charge on any atom is 0.246 e. The van der Waals surface area contributed by atoms with Crippen molar-refractivity contribution in [1.29, 1.82) is 0 Å². The van der Waals surface area contributed by atoms with Crippen LogP contribution in [-0.4, -0.2) is 38.7 Å². The van der Waals surface area contributed by atoms with Crippen molar-refractivity contribution in [2.75, 3.05) is 22.6 Å². The van der Waals surface area contributed by atoms with Gasteiger partial charge in [-0.25, -0.2) is 4.98 Å². The number of aryl methyl sites for hydroxylation is 2. The summed E-state index contributed by atoms with van der Waals surface area (Å²) in [5.41, 5.74) is 2.55. The van der Waals surface area contributed by atoms with Crippen LogP contribution in [0.3, 0.4) is 0 Å². The lowest BCUT2D eigenvalue weighted by molar-refractivity contribution is -0.117. The highest BCUT2D eigenvalue weighted by Gasteiger charge is 2.30. The number of amides is 1. The summed E-state index contributed by atoms with van der Waals surface area (Å²) in [6.45, 7) is 5.35. The molecule has 0 bridgehead atoms. The van der Waals surface area contributed by atoms with Gasteiger partial charge in [0.05, 0.1) is 11.9 Å². The highest BCUT2D eigenvalue weighted by Crippen LogP contribution is 2.33. The van der Waals surface area contributed by atoms with Gasteiger partial charge in [-0.1, -0.05) is 12.8 Å². The monoisotopic (exact) mass is 389 g/mol. The molecule has 0 aromatic carbocycles. The van der Waals surface area contributed by atoms with Crippen LogP contribution in [0.25, 0.3) is 0 Å². The quantitative estimate of drug-likeness (QED) is 0.788. The first-order valence-electron chi connectivity index (χ1n) is 9.19. The van der Waals surface area contributed by atoms with Gasteiger partial charge < -0.3 is 15.5 Å². The van der Waals surface area contributed by atoms with Crippen molar-refractivity contribution in [2.45, 2.75) is 52.2 Å². The average Bonchev–Trinajstić information content (AvgIpc) is 3.35. The maximum atomic E-state index is 12.0. The van der Waals surface area contributed by atoms with E-state index in [-0.39, 0.29) is 25.4 Å². The minimum Gasteiger partial charge on any atom is -0.350 e. The molecule has 2 aliphatic rings. The molecule has 0 unspecified atom stereocenters. The summed E-state index contributed by atoms with van der Waals surface area (Å²) in [5.74, 6) is 2.17. The van der Waals surface area contributed by atoms with Gasteiger partial charge in [0.1, 0.15) is 11.7 Å². The fourth-order valence-electron chi connectivity index (χ4n) is 3.15. The molecule has 2 aromatic heterocycles. The second-order valence-corrected chi connectivity index (χ2v) is 7.30. The van der Waals surface area contributed by atoms with Gasteiger partial charge in [-0.3, -0.25) is 9.48 Å². The Morgan fingerprint density at radius 2 is 2.11 bits per heavy atom. The third-order valence-electron chi connectivity index (χ3n) is 5.21. The van der Waals surface area contributed by atoms with Crippen molar-refractivity contribution in [2.24, 2.45) is 5.92 Å². The number of nitrogens with zero attached hydrogens (tertiary/aromatic N) is 5. The molecule has 27 heavy (non-hydrogen) atoms. The second-order valence-electron chi connectivity index (χ2n) is 7.30. The summed E-state index contributed by atoms with van der Waals surface area (Å²) in [7, 11) is 1.88. The number of hydrogen-bond donors (Lipinski definition) is 2. The number of aromatic nitrogens is 4. The molecule has 3 heterocycles. The van der Waals surface area contributed by atoms with E-state index in [4.69, 9.17) is 0 Å². The lowest BCUT2D eigenvalue weighted by Crippen LogP contribution is -2.44. The third kappa shape index (κ3) is 4.18. The molecular formula is C18H27N7OS. The lowest BCUT2D eigenvalue weighted by Gasteiger charge is -2.32. The molecule has 1 aliphatic heterocycles. The smallest absolute Gasteiger partial charge is 0.246 e. The van der Waals surface area contributed by atoms with E-state index in [1.165, 1.54) is 19.3 Å². The van der Waals surface area contributed by atoms with Crippen LogP contribution in [0.2, 0.25) is 0 Å². The summed E-state index contributed by atoms with van der Waals surface area (Å²) < 4.78 is 2.01. The van der Waals surface area contributed by atoms with E-state index in [1.54, 1.807) is 0 Å². The van der Waals surface area contributed by atoms with Crippen LogP contribution in [0.15, 0.2) is 12.4 Å². The van der Waals surface area contributed by atoms with Gasteiger partial charge in [-0.2, -0.15) is 23.6 Å². The maximum absolute atomic E-state index is 12.0. The Morgan fingerprint density at radius 1 is 1.33 bits per heavy atom. The SMILES string of the molecule is Cc1nc(NCc2cnn(CCC3CC3)c2)nc2c1NC(=O)[C@H](C)N2C.S. The summed E-state index contributed by atoms with van der Waals surface area (Å²) in [6, 6.07) is -0.255. The fourth-order valence-corrected chi connectivity index (χ4v) is 3.15. The normalized spacial score (nSPS) is 18.6. The number of anilines is 3. The van der Waals surface area contributed by atoms with Gasteiger partial charge in [0.15, 0.2) is 5.82 Å². The molecule has 1 atom stereocenters. The second kappa shape index (κ2) is 7.75. The summed E-state index contributed by atoms with van der Waals surface area (Å²) in [5, 5.41) is 10.6. The highest BCUT2D eigenvalue weighted by molar-refractivity contribution is 7.59. The Bertz CT molecular complexity index is 833. The van der Waals surface area contributed by atoms with E-state index in [1.807, 2.05) is 36.7 Å². The van der Waals surface area contributed by atoms with Crippen LogP contribution in [-0.2, 0) is 17.9 Å². The van der Waals surface area contributed by atoms with Crippen molar-refractivity contribution < 1.29 is 4.79 Å². The number of fused-ring (bicyclic) bond motifs is 1. The molecule has 1 aliphatic carbocycles. The molecule has 0 spiro atoms. The summed E-state index contributed by atoms with van der Waals surface area (Å²) >= 11 is 0. The van der Waals surface area contributed by atoms with Crippen molar-refractivity contribution in [3.05, 3.63) is 23.7 Å². The molecular weight excluding hydrogens is 362 g/mol. The van der Waals surface area contributed by atoms with Crippen molar-refractivity contribution >= 4 is 36.9 Å². The molecule has 1 fully saturated rings. The Hall–Kier alpha value is -2.29. The van der Waals surface area contributed by atoms with Gasteiger partial charge in [0, 0.05) is 31.9 Å². The number of carbonyl (C=O) groups is 1. The number of hydrogen-bond acceptors (Lipinski definition) is 6. The fraction of sp³-hybridized carbons (Fsp3) is 0.556. The van der Waals surface area contributed by atoms with E-state index in [9.17, 15) is 4.79 Å². The number of carbonyl (C=O) groups excluding carboxylic acids is 1. The standard InChI is InChI=1S/C18H25N7O.H2S/c1-11-15-16(24(3)12(2)17(26)22-15)23-18(21-11)19-8-14-9-20-25(10-14)7-6-13-4-5-13;/h9-10,12-13H,4-8H2,1-3H3,(H,22,26)(H,19,21,23);1H2/t12-;/m0./s1. The van der Waals surface area contributed by atoms with Crippen LogP contribution < -0.4 is 15.5 Å². The molecule has 1 saturated carbocycles. The minimum atomic E-state index is -0.255. The van der Waals surface area contributed by atoms with E-state index < -0.39 is 0 Å². The number of likely N-dealkylation sites (N-methyl/N-ethyl adjacent to an activating group) is 1. The molecule has 8 nitrogen and oxygen atoms in total. The van der Waals surface area contributed by atoms with Crippen LogP contribution in [0.5, 0.6) is 0 Å². The largest absolute Gasteiger partial charge is 0.350 e. The van der Waals surface area contributed by atoms with E-state index >= 15 is 0 Å². The third-order valence-corrected chi connectivity index (χ3v) is 5.21. The Balaban J connectivity index is 0.00000210. The first kappa shape index (κ1) is 19.5. The zero-order chi connectivity index (χ0) is 18.3. The highest BCUT2D eigenvalue weighted by atomic mass is 32.1. The van der Waals surface area contributed by atoms with E-state index in [2.05, 4.69) is 31.9 Å². The van der Waals surface area contributed by atoms with Gasteiger partial charge in [-0.05, 0) is 26.2 Å². The Morgan fingerprint density at radius 3 is 2.85 bits per heavy atom. The summed E-state index contributed by atoms with van der Waals surface area (Å²) in [6.07, 6.45) is 7.93. The first-order chi connectivity index (χ1) is 12.5. The van der Waals surface area contributed by atoms with Crippen molar-refractivity contribution in [3.63, 3.8) is 0 Å². The van der Waals surface area contributed by atoms with Gasteiger partial charge in [-0.15, -0.1) is 0 Å². The predicted molar refractivity (Wildman–Crippen MR) is 111 cm³/mol. The Kier molecular flexibility index (Phi) is 5.59. The van der Waals surface area contributed by atoms with Gasteiger partial charge >= 0.3 is 0 Å². The number of rotatable bonds is 6. The van der Waals surface area contributed by atoms with Gasteiger partial charge in [0.25, 0.3) is 0 Å². The van der Waals surface area contributed by atoms with Crippen molar-refractivity contribution in [1.82, 2.24) is 19.7 Å². The molecule has 0 saturated heterocycles. The van der Waals surface area contributed by atoms with E-state index in [0.29, 0.717) is 18.2 Å². The zero-order valence-electron chi connectivity index (χ0n) is 16.0. The summed E-state index contributed by atoms with van der Waals surface area (Å²) in [4.78, 5) is 22.9. The van der Waals surface area contributed by atoms with Crippen LogP contribution >= 0.6 is 13.5 Å². The molecule has 2 aromatic rings. The number of nitrogens with one attached hydrogen (secondary N) is 2. The molecule has 4 rings (SSSR count). The minimum absolute atomic E-state index is 0.